The second-order valence-corrected chi connectivity index (χ2v) is 5.43. The Balaban J connectivity index is 2.02. The maximum atomic E-state index is 12.7. The number of hydrogen-bond donors (Lipinski definition) is 1. The molecule has 2 atom stereocenters. The van der Waals surface area contributed by atoms with Crippen LogP contribution in [0.3, 0.4) is 0 Å². The molecule has 0 aliphatic carbocycles. The number of nitrogen functional groups attached to an aromatic ring is 1. The van der Waals surface area contributed by atoms with Crippen LogP contribution in [0.2, 0.25) is 0 Å². The molecule has 0 bridgehead atoms. The molecule has 23 heavy (non-hydrogen) atoms. The second-order valence-electron chi connectivity index (χ2n) is 5.43. The molecule has 0 fully saturated rings. The minimum absolute atomic E-state index is 0.164. The third-order valence-corrected chi connectivity index (χ3v) is 3.80. The topological polar surface area (TPSA) is 85.5 Å². The number of fused-ring (bicyclic) bond motifs is 1. The van der Waals surface area contributed by atoms with Gasteiger partial charge in [-0.05, 0) is 26.0 Å². The summed E-state index contributed by atoms with van der Waals surface area (Å²) >= 11 is 0. The van der Waals surface area contributed by atoms with Gasteiger partial charge in [0.25, 0.3) is 5.91 Å². The molecule has 118 valence electrons. The van der Waals surface area contributed by atoms with E-state index in [-0.39, 0.29) is 23.3 Å². The number of rotatable bonds is 3. The highest BCUT2D eigenvalue weighted by molar-refractivity contribution is 6.09. The first-order valence-corrected chi connectivity index (χ1v) is 7.34. The van der Waals surface area contributed by atoms with Crippen molar-refractivity contribution < 1.29 is 14.3 Å². The van der Waals surface area contributed by atoms with Gasteiger partial charge in [0.2, 0.25) is 0 Å². The zero-order valence-corrected chi connectivity index (χ0v) is 12.9. The zero-order valence-electron chi connectivity index (χ0n) is 12.9. The molecule has 1 aromatic heterocycles. The summed E-state index contributed by atoms with van der Waals surface area (Å²) in [4.78, 5) is 30.8. The van der Waals surface area contributed by atoms with E-state index >= 15 is 0 Å². The summed E-state index contributed by atoms with van der Waals surface area (Å²) in [6.07, 6.45) is -0.682. The summed E-state index contributed by atoms with van der Waals surface area (Å²) in [5, 5.41) is 0. The molecule has 2 N–H and O–H groups in total. The quantitative estimate of drug-likeness (QED) is 0.877. The van der Waals surface area contributed by atoms with Gasteiger partial charge in [-0.15, -0.1) is 0 Å². The molecule has 1 aliphatic heterocycles. The van der Waals surface area contributed by atoms with E-state index in [1.165, 1.54) is 4.90 Å². The number of amides is 1. The van der Waals surface area contributed by atoms with E-state index in [1.807, 2.05) is 6.07 Å². The van der Waals surface area contributed by atoms with Gasteiger partial charge in [-0.2, -0.15) is 0 Å². The number of nitrogens with two attached hydrogens (primary N) is 1. The fourth-order valence-electron chi connectivity index (χ4n) is 2.59. The number of anilines is 2. The molecule has 2 unspecified atom stereocenters. The van der Waals surface area contributed by atoms with Crippen molar-refractivity contribution in [3.8, 4) is 5.75 Å². The average molecular weight is 311 g/mol. The van der Waals surface area contributed by atoms with Crippen molar-refractivity contribution >= 4 is 23.3 Å². The van der Waals surface area contributed by atoms with Gasteiger partial charge in [0, 0.05) is 5.56 Å². The monoisotopic (exact) mass is 311 g/mol. The predicted octanol–water partition coefficient (Wildman–Crippen LogP) is 2.05. The number of ether oxygens (including phenoxy) is 1. The number of benzene rings is 1. The Morgan fingerprint density at radius 1 is 1.26 bits per heavy atom. The van der Waals surface area contributed by atoms with Gasteiger partial charge in [0.05, 0.1) is 6.04 Å². The highest BCUT2D eigenvalue weighted by Gasteiger charge is 2.38. The maximum absolute atomic E-state index is 12.7. The predicted molar refractivity (Wildman–Crippen MR) is 86.5 cm³/mol. The Hall–Kier alpha value is -2.89. The molecule has 2 heterocycles. The van der Waals surface area contributed by atoms with Crippen molar-refractivity contribution in [3.63, 3.8) is 0 Å². The average Bonchev–Trinajstić information content (AvgIpc) is 2.56. The minimum atomic E-state index is -0.704. The summed E-state index contributed by atoms with van der Waals surface area (Å²) in [5.41, 5.74) is 6.26. The molecule has 0 saturated carbocycles. The highest BCUT2D eigenvalue weighted by Crippen LogP contribution is 2.34. The van der Waals surface area contributed by atoms with E-state index in [0.29, 0.717) is 11.3 Å². The van der Waals surface area contributed by atoms with Crippen LogP contribution in [-0.2, 0) is 4.79 Å². The first-order chi connectivity index (χ1) is 11.0. The Morgan fingerprint density at radius 3 is 2.65 bits per heavy atom. The first kappa shape index (κ1) is 15.0. The Kier molecular flexibility index (Phi) is 3.73. The number of carbonyl (C=O) groups is 2. The number of aromatic nitrogens is 1. The number of carbonyl (C=O) groups excluding carboxylic acids is 2. The van der Waals surface area contributed by atoms with Crippen molar-refractivity contribution in [2.75, 3.05) is 10.6 Å². The van der Waals surface area contributed by atoms with Crippen LogP contribution in [0.1, 0.15) is 24.2 Å². The molecule has 6 nitrogen and oxygen atoms in total. The molecule has 1 aliphatic rings. The number of nitrogens with zero attached hydrogens (tertiary/aromatic N) is 2. The zero-order chi connectivity index (χ0) is 16.6. The molecule has 1 amide bonds. The van der Waals surface area contributed by atoms with Crippen LogP contribution in [0, 0.1) is 0 Å². The van der Waals surface area contributed by atoms with Gasteiger partial charge in [-0.25, -0.2) is 4.98 Å². The Labute approximate surface area is 133 Å². The van der Waals surface area contributed by atoms with Gasteiger partial charge < -0.3 is 10.5 Å². The van der Waals surface area contributed by atoms with Crippen LogP contribution in [0.4, 0.5) is 11.6 Å². The van der Waals surface area contributed by atoms with Gasteiger partial charge in [0.15, 0.2) is 23.5 Å². The molecular formula is C17H17N3O3. The Morgan fingerprint density at radius 2 is 1.96 bits per heavy atom. The molecule has 1 aromatic carbocycles. The highest BCUT2D eigenvalue weighted by atomic mass is 16.5. The third kappa shape index (κ3) is 2.63. The molecule has 2 aromatic rings. The summed E-state index contributed by atoms with van der Waals surface area (Å²) in [7, 11) is 0. The molecule has 0 saturated heterocycles. The maximum Gasteiger partial charge on any atom is 0.269 e. The number of hydrogen-bond acceptors (Lipinski definition) is 5. The first-order valence-electron chi connectivity index (χ1n) is 7.34. The van der Waals surface area contributed by atoms with E-state index in [4.69, 9.17) is 10.5 Å². The Bertz CT molecular complexity index is 761. The van der Waals surface area contributed by atoms with E-state index < -0.39 is 12.1 Å². The smallest absolute Gasteiger partial charge is 0.269 e. The van der Waals surface area contributed by atoms with E-state index in [2.05, 4.69) is 4.98 Å². The second kappa shape index (κ2) is 5.72. The van der Waals surface area contributed by atoms with Crippen molar-refractivity contribution in [2.24, 2.45) is 0 Å². The summed E-state index contributed by atoms with van der Waals surface area (Å²) in [6.45, 7) is 3.33. The van der Waals surface area contributed by atoms with E-state index in [9.17, 15) is 9.59 Å². The van der Waals surface area contributed by atoms with Crippen molar-refractivity contribution in [1.29, 1.82) is 0 Å². The van der Waals surface area contributed by atoms with Gasteiger partial charge in [-0.1, -0.05) is 30.3 Å². The molecule has 6 heteroatoms. The lowest BCUT2D eigenvalue weighted by Gasteiger charge is -2.35. The van der Waals surface area contributed by atoms with Gasteiger partial charge in [0.1, 0.15) is 5.82 Å². The van der Waals surface area contributed by atoms with Crippen LogP contribution >= 0.6 is 0 Å². The normalized spacial score (nSPS) is 18.1. The SMILES string of the molecule is CC1Oc2ccc(N)nc2N(C(C)C(=O)c2ccccc2)C1=O. The minimum Gasteiger partial charge on any atom is -0.477 e. The van der Waals surface area contributed by atoms with Crippen molar-refractivity contribution in [3.05, 3.63) is 48.0 Å². The lowest BCUT2D eigenvalue weighted by molar-refractivity contribution is -0.125. The lowest BCUT2D eigenvalue weighted by atomic mass is 10.0. The fraction of sp³-hybridized carbons (Fsp3) is 0.235. The molecule has 0 radical (unpaired) electrons. The summed E-state index contributed by atoms with van der Waals surface area (Å²) in [6, 6.07) is 11.4. The molecule has 3 rings (SSSR count). The molecular weight excluding hydrogens is 294 g/mol. The van der Waals surface area contributed by atoms with Gasteiger partial charge in [-0.3, -0.25) is 14.5 Å². The van der Waals surface area contributed by atoms with Crippen molar-refractivity contribution in [2.45, 2.75) is 26.0 Å². The van der Waals surface area contributed by atoms with Crippen LogP contribution in [0.25, 0.3) is 0 Å². The summed E-state index contributed by atoms with van der Waals surface area (Å²) < 4.78 is 5.54. The lowest BCUT2D eigenvalue weighted by Crippen LogP contribution is -2.52. The number of pyridine rings is 1. The largest absolute Gasteiger partial charge is 0.477 e. The molecule has 0 spiro atoms. The third-order valence-electron chi connectivity index (χ3n) is 3.80. The van der Waals surface area contributed by atoms with Gasteiger partial charge >= 0.3 is 0 Å². The number of ketones is 1. The van der Waals surface area contributed by atoms with E-state index in [1.54, 1.807) is 50.2 Å². The van der Waals surface area contributed by atoms with Crippen LogP contribution < -0.4 is 15.4 Å². The van der Waals surface area contributed by atoms with Crippen LogP contribution in [-0.4, -0.2) is 28.8 Å². The van der Waals surface area contributed by atoms with Crippen molar-refractivity contribution in [1.82, 2.24) is 4.98 Å². The van der Waals surface area contributed by atoms with Crippen LogP contribution in [0.5, 0.6) is 5.75 Å². The van der Waals surface area contributed by atoms with Crippen LogP contribution in [0.15, 0.2) is 42.5 Å². The summed E-state index contributed by atoms with van der Waals surface area (Å²) in [5.74, 6) is 0.513. The fourth-order valence-corrected chi connectivity index (χ4v) is 2.59. The standard InChI is InChI=1S/C17H17N3O3/c1-10(15(21)12-6-4-3-5-7-12)20-16-13(8-9-14(18)19-16)23-11(2)17(20)22/h3-11H,1-2H3,(H2,18,19). The number of Topliss-reactive ketones (excluding diaryl/α,β-unsaturated/α-hetero) is 1. The van der Waals surface area contributed by atoms with E-state index in [0.717, 1.165) is 0 Å².